The van der Waals surface area contributed by atoms with Crippen molar-refractivity contribution >= 4 is 21.4 Å². The van der Waals surface area contributed by atoms with Gasteiger partial charge in [-0.2, -0.15) is 4.31 Å². The molecule has 2 aromatic rings. The molecule has 1 aromatic carbocycles. The Morgan fingerprint density at radius 3 is 2.60 bits per heavy atom. The number of thiophene rings is 1. The summed E-state index contributed by atoms with van der Waals surface area (Å²) in [6, 6.07) is 9.08. The van der Waals surface area contributed by atoms with E-state index in [2.05, 4.69) is 6.58 Å². The largest absolute Gasteiger partial charge is 0.246 e. The third kappa shape index (κ3) is 3.15. The van der Waals surface area contributed by atoms with E-state index in [1.165, 1.54) is 39.9 Å². The van der Waals surface area contributed by atoms with Crippen molar-refractivity contribution in [1.29, 1.82) is 0 Å². The van der Waals surface area contributed by atoms with Gasteiger partial charge >= 0.3 is 0 Å². The molecule has 0 fully saturated rings. The fraction of sp³-hybridized carbons (Fsp3) is 0.143. The second kappa shape index (κ2) is 6.30. The van der Waals surface area contributed by atoms with Gasteiger partial charge in [-0.15, -0.1) is 17.9 Å². The Labute approximate surface area is 122 Å². The fourth-order valence-corrected chi connectivity index (χ4v) is 4.02. The monoisotopic (exact) mass is 311 g/mol. The van der Waals surface area contributed by atoms with Gasteiger partial charge in [-0.3, -0.25) is 0 Å². The van der Waals surface area contributed by atoms with Gasteiger partial charge in [0, 0.05) is 18.0 Å². The second-order valence-electron chi connectivity index (χ2n) is 4.10. The lowest BCUT2D eigenvalue weighted by Crippen LogP contribution is -2.31. The first-order valence-corrected chi connectivity index (χ1v) is 8.25. The van der Waals surface area contributed by atoms with E-state index in [1.807, 2.05) is 17.5 Å². The normalized spacial score (nSPS) is 11.7. The van der Waals surface area contributed by atoms with Crippen LogP contribution in [0.25, 0.3) is 0 Å². The highest BCUT2D eigenvalue weighted by Gasteiger charge is 2.26. The Morgan fingerprint density at radius 2 is 2.00 bits per heavy atom. The van der Waals surface area contributed by atoms with E-state index in [0.29, 0.717) is 0 Å². The smallest absolute Gasteiger partial charge is 0.207 e. The molecule has 1 aromatic heterocycles. The molecule has 1 heterocycles. The molecule has 0 saturated carbocycles. The Bertz CT molecular complexity index is 681. The molecule has 0 aliphatic carbocycles. The molecule has 0 atom stereocenters. The van der Waals surface area contributed by atoms with Gasteiger partial charge < -0.3 is 0 Å². The van der Waals surface area contributed by atoms with Gasteiger partial charge in [0.05, 0.1) is 0 Å². The molecule has 0 radical (unpaired) electrons. The maximum absolute atomic E-state index is 13.7. The minimum absolute atomic E-state index is 0.133. The Hall–Kier alpha value is -1.50. The summed E-state index contributed by atoms with van der Waals surface area (Å²) in [5, 5.41) is 1.87. The van der Waals surface area contributed by atoms with Crippen LogP contribution in [0.3, 0.4) is 0 Å². The van der Waals surface area contributed by atoms with Crippen LogP contribution in [-0.2, 0) is 16.6 Å². The molecule has 0 aliphatic rings. The summed E-state index contributed by atoms with van der Waals surface area (Å²) in [5.41, 5.74) is 0. The van der Waals surface area contributed by atoms with Crippen molar-refractivity contribution in [3.63, 3.8) is 0 Å². The lowest BCUT2D eigenvalue weighted by atomic mass is 10.3. The van der Waals surface area contributed by atoms with Crippen molar-refractivity contribution in [1.82, 2.24) is 4.31 Å². The predicted octanol–water partition coefficient (Wildman–Crippen LogP) is 3.26. The minimum Gasteiger partial charge on any atom is -0.207 e. The average molecular weight is 311 g/mol. The lowest BCUT2D eigenvalue weighted by Gasteiger charge is -2.20. The van der Waals surface area contributed by atoms with Crippen molar-refractivity contribution in [2.45, 2.75) is 11.4 Å². The van der Waals surface area contributed by atoms with Gasteiger partial charge in [-0.25, -0.2) is 12.8 Å². The molecule has 0 N–H and O–H groups in total. The molecule has 106 valence electrons. The zero-order valence-electron chi connectivity index (χ0n) is 10.7. The van der Waals surface area contributed by atoms with E-state index >= 15 is 0 Å². The highest BCUT2D eigenvalue weighted by atomic mass is 32.2. The van der Waals surface area contributed by atoms with Crippen LogP contribution in [0.2, 0.25) is 0 Å². The SMILES string of the molecule is C=CCN(Cc1cccs1)S(=O)(=O)c1ccccc1F. The van der Waals surface area contributed by atoms with E-state index < -0.39 is 15.8 Å². The number of rotatable bonds is 6. The van der Waals surface area contributed by atoms with Crippen LogP contribution < -0.4 is 0 Å². The van der Waals surface area contributed by atoms with E-state index in [9.17, 15) is 12.8 Å². The predicted molar refractivity (Wildman–Crippen MR) is 78.5 cm³/mol. The van der Waals surface area contributed by atoms with Crippen LogP contribution in [0.4, 0.5) is 4.39 Å². The number of hydrogen-bond acceptors (Lipinski definition) is 3. The zero-order chi connectivity index (χ0) is 14.6. The van der Waals surface area contributed by atoms with Crippen molar-refractivity contribution in [3.05, 3.63) is 65.1 Å². The van der Waals surface area contributed by atoms with Gasteiger partial charge in [0.2, 0.25) is 10.0 Å². The van der Waals surface area contributed by atoms with Crippen molar-refractivity contribution in [3.8, 4) is 0 Å². The van der Waals surface area contributed by atoms with Crippen LogP contribution in [0.15, 0.2) is 59.3 Å². The summed E-state index contributed by atoms with van der Waals surface area (Å²) in [6.45, 7) is 3.91. The summed E-state index contributed by atoms with van der Waals surface area (Å²) in [4.78, 5) is 0.588. The topological polar surface area (TPSA) is 37.4 Å². The van der Waals surface area contributed by atoms with Gasteiger partial charge in [0.15, 0.2) is 0 Å². The van der Waals surface area contributed by atoms with Crippen molar-refractivity contribution < 1.29 is 12.8 Å². The van der Waals surface area contributed by atoms with E-state index in [-0.39, 0.29) is 18.0 Å². The third-order valence-corrected chi connectivity index (χ3v) is 5.41. The molecule has 20 heavy (non-hydrogen) atoms. The maximum atomic E-state index is 13.7. The molecule has 0 bridgehead atoms. The average Bonchev–Trinajstić information content (AvgIpc) is 2.91. The Morgan fingerprint density at radius 1 is 1.25 bits per heavy atom. The minimum atomic E-state index is -3.88. The zero-order valence-corrected chi connectivity index (χ0v) is 12.3. The van der Waals surface area contributed by atoms with E-state index in [4.69, 9.17) is 0 Å². The van der Waals surface area contributed by atoms with Gasteiger partial charge in [-0.1, -0.05) is 24.3 Å². The Balaban J connectivity index is 2.37. The third-order valence-electron chi connectivity index (χ3n) is 2.70. The second-order valence-corrected chi connectivity index (χ2v) is 7.03. The molecule has 0 spiro atoms. The molecule has 0 amide bonds. The molecule has 0 aliphatic heterocycles. The van der Waals surface area contributed by atoms with E-state index in [1.54, 1.807) is 0 Å². The van der Waals surface area contributed by atoms with Crippen LogP contribution in [0, 0.1) is 5.82 Å². The van der Waals surface area contributed by atoms with E-state index in [0.717, 1.165) is 10.9 Å². The summed E-state index contributed by atoms with van der Waals surface area (Å²) >= 11 is 1.46. The molecule has 6 heteroatoms. The first-order valence-electron chi connectivity index (χ1n) is 5.93. The van der Waals surface area contributed by atoms with Crippen LogP contribution in [0.5, 0.6) is 0 Å². The number of benzene rings is 1. The maximum Gasteiger partial charge on any atom is 0.246 e. The molecule has 0 unspecified atom stereocenters. The van der Waals surface area contributed by atoms with Gasteiger partial charge in [0.1, 0.15) is 10.7 Å². The molecule has 0 saturated heterocycles. The quantitative estimate of drug-likeness (QED) is 0.768. The first kappa shape index (κ1) is 14.9. The molecular formula is C14H14FNO2S2. The summed E-state index contributed by atoms with van der Waals surface area (Å²) in [5.74, 6) is -0.743. The fourth-order valence-electron chi connectivity index (χ4n) is 1.76. The number of nitrogens with zero attached hydrogens (tertiary/aromatic N) is 1. The number of hydrogen-bond donors (Lipinski definition) is 0. The van der Waals surface area contributed by atoms with Crippen molar-refractivity contribution in [2.75, 3.05) is 6.54 Å². The Kier molecular flexibility index (Phi) is 4.69. The van der Waals surface area contributed by atoms with Crippen LogP contribution >= 0.6 is 11.3 Å². The van der Waals surface area contributed by atoms with Crippen LogP contribution in [0.1, 0.15) is 4.88 Å². The van der Waals surface area contributed by atoms with Crippen molar-refractivity contribution in [2.24, 2.45) is 0 Å². The van der Waals surface area contributed by atoms with Crippen LogP contribution in [-0.4, -0.2) is 19.3 Å². The molecule has 3 nitrogen and oxygen atoms in total. The van der Waals surface area contributed by atoms with Gasteiger partial charge in [-0.05, 0) is 23.6 Å². The van der Waals surface area contributed by atoms with Gasteiger partial charge in [0.25, 0.3) is 0 Å². The highest BCUT2D eigenvalue weighted by Crippen LogP contribution is 2.22. The lowest BCUT2D eigenvalue weighted by molar-refractivity contribution is 0.436. The summed E-state index contributed by atoms with van der Waals surface area (Å²) < 4.78 is 40.0. The number of sulfonamides is 1. The summed E-state index contributed by atoms with van der Waals surface area (Å²) in [6.07, 6.45) is 1.49. The summed E-state index contributed by atoms with van der Waals surface area (Å²) in [7, 11) is -3.88. The molecular weight excluding hydrogens is 297 g/mol. The number of halogens is 1. The first-order chi connectivity index (χ1) is 9.55. The highest BCUT2D eigenvalue weighted by molar-refractivity contribution is 7.89. The molecule has 2 rings (SSSR count). The standard InChI is InChI=1S/C14H14FNO2S2/c1-2-9-16(11-12-6-5-10-19-12)20(17,18)14-8-4-3-7-13(14)15/h2-8,10H,1,9,11H2.